The molecular formula is C45H88FNO5. The lowest BCUT2D eigenvalue weighted by atomic mass is 10.0. The number of esters is 2. The molecule has 2 unspecified atom stereocenters. The second-order valence-electron chi connectivity index (χ2n) is 15.7. The Hall–Kier alpha value is -1.21. The number of hydrogen-bond donors (Lipinski definition) is 1. The molecule has 0 aliphatic carbocycles. The SMILES string of the molecule is CCCCCCCCCOC(=O)C(C)CCCCCCN(CCO)CCCCCCCC(=O)OC(CCCCCCCC)CCCCCCCCF. The predicted molar refractivity (Wildman–Crippen MR) is 219 cm³/mol. The molecule has 0 amide bonds. The van der Waals surface area contributed by atoms with Crippen molar-refractivity contribution in [1.29, 1.82) is 0 Å². The largest absolute Gasteiger partial charge is 0.465 e. The van der Waals surface area contributed by atoms with Gasteiger partial charge in [0.2, 0.25) is 0 Å². The van der Waals surface area contributed by atoms with Crippen LogP contribution in [-0.2, 0) is 19.1 Å². The third kappa shape index (κ3) is 35.8. The average molecular weight is 742 g/mol. The summed E-state index contributed by atoms with van der Waals surface area (Å²) < 4.78 is 23.8. The van der Waals surface area contributed by atoms with E-state index < -0.39 is 0 Å². The summed E-state index contributed by atoms with van der Waals surface area (Å²) in [4.78, 5) is 27.4. The van der Waals surface area contributed by atoms with Gasteiger partial charge in [0.25, 0.3) is 0 Å². The van der Waals surface area contributed by atoms with Crippen molar-refractivity contribution in [3.05, 3.63) is 0 Å². The molecule has 6 nitrogen and oxygen atoms in total. The first-order chi connectivity index (χ1) is 25.5. The fourth-order valence-electron chi connectivity index (χ4n) is 7.08. The van der Waals surface area contributed by atoms with Gasteiger partial charge in [0, 0.05) is 13.0 Å². The van der Waals surface area contributed by atoms with Crippen LogP contribution in [0.2, 0.25) is 0 Å². The van der Waals surface area contributed by atoms with Crippen LogP contribution < -0.4 is 0 Å². The number of carbonyl (C=O) groups excluding carboxylic acids is 2. The molecule has 0 aromatic rings. The van der Waals surface area contributed by atoms with Gasteiger partial charge in [0.05, 0.1) is 25.8 Å². The number of carbonyl (C=O) groups is 2. The third-order valence-electron chi connectivity index (χ3n) is 10.6. The van der Waals surface area contributed by atoms with Gasteiger partial charge in [-0.3, -0.25) is 14.0 Å². The fourth-order valence-corrected chi connectivity index (χ4v) is 7.08. The Kier molecular flexibility index (Phi) is 40.0. The number of halogens is 1. The standard InChI is InChI=1S/C45H88FNO5/c1-4-6-8-10-14-23-31-41-51-45(50)42(3)32-24-19-22-30-38-47(39-40-48)37-29-21-15-18-27-35-44(49)52-43(33-25-16-11-9-7-5-2)34-26-17-12-13-20-28-36-46/h42-43,48H,4-41H2,1-3H3. The van der Waals surface area contributed by atoms with E-state index in [0.717, 1.165) is 148 Å². The fraction of sp³-hybridized carbons (Fsp3) is 0.956. The summed E-state index contributed by atoms with van der Waals surface area (Å²) in [7, 11) is 0. The zero-order valence-corrected chi connectivity index (χ0v) is 34.9. The van der Waals surface area contributed by atoms with Crippen LogP contribution in [-0.4, -0.2) is 67.6 Å². The van der Waals surface area contributed by atoms with Crippen molar-refractivity contribution in [3.63, 3.8) is 0 Å². The molecule has 0 aromatic heterocycles. The summed E-state index contributed by atoms with van der Waals surface area (Å²) in [6.07, 6.45) is 35.5. The van der Waals surface area contributed by atoms with Crippen molar-refractivity contribution in [1.82, 2.24) is 4.90 Å². The molecule has 0 aromatic carbocycles. The number of nitrogens with zero attached hydrogens (tertiary/aromatic N) is 1. The van der Waals surface area contributed by atoms with Gasteiger partial charge >= 0.3 is 11.9 Å². The van der Waals surface area contributed by atoms with Crippen LogP contribution in [0, 0.1) is 5.92 Å². The monoisotopic (exact) mass is 742 g/mol. The maximum absolute atomic E-state index is 12.7. The van der Waals surface area contributed by atoms with Crippen LogP contribution >= 0.6 is 0 Å². The molecule has 0 spiro atoms. The molecule has 1 N–H and O–H groups in total. The highest BCUT2D eigenvalue weighted by molar-refractivity contribution is 5.71. The Morgan fingerprint density at radius 3 is 1.52 bits per heavy atom. The highest BCUT2D eigenvalue weighted by atomic mass is 19.1. The Morgan fingerprint density at radius 2 is 1.00 bits per heavy atom. The van der Waals surface area contributed by atoms with Gasteiger partial charge in [-0.2, -0.15) is 0 Å². The van der Waals surface area contributed by atoms with Gasteiger partial charge in [-0.1, -0.05) is 156 Å². The lowest BCUT2D eigenvalue weighted by Gasteiger charge is -2.21. The molecule has 7 heteroatoms. The number of unbranched alkanes of at least 4 members (excludes halogenated alkanes) is 23. The summed E-state index contributed by atoms with van der Waals surface area (Å²) in [5.74, 6) is -0.0757. The first kappa shape index (κ1) is 50.8. The molecule has 0 fully saturated rings. The molecule has 310 valence electrons. The van der Waals surface area contributed by atoms with Crippen molar-refractivity contribution in [2.24, 2.45) is 5.92 Å². The Balaban J connectivity index is 4.04. The maximum Gasteiger partial charge on any atom is 0.308 e. The van der Waals surface area contributed by atoms with E-state index in [0.29, 0.717) is 19.4 Å². The summed E-state index contributed by atoms with van der Waals surface area (Å²) in [6.45, 7) is 9.80. The Bertz CT molecular complexity index is 753. The number of aliphatic hydroxyl groups is 1. The van der Waals surface area contributed by atoms with Gasteiger partial charge in [-0.25, -0.2) is 0 Å². The number of ether oxygens (including phenoxy) is 2. The van der Waals surface area contributed by atoms with Crippen molar-refractivity contribution >= 4 is 11.9 Å². The molecule has 0 bridgehead atoms. The smallest absolute Gasteiger partial charge is 0.308 e. The number of hydrogen-bond acceptors (Lipinski definition) is 6. The van der Waals surface area contributed by atoms with E-state index in [2.05, 4.69) is 18.7 Å². The first-order valence-electron chi connectivity index (χ1n) is 22.7. The van der Waals surface area contributed by atoms with Gasteiger partial charge in [-0.15, -0.1) is 0 Å². The van der Waals surface area contributed by atoms with Gasteiger partial charge in [0.15, 0.2) is 0 Å². The van der Waals surface area contributed by atoms with E-state index in [4.69, 9.17) is 9.47 Å². The second kappa shape index (κ2) is 41.0. The minimum absolute atomic E-state index is 0.0151. The highest BCUT2D eigenvalue weighted by Gasteiger charge is 2.15. The zero-order chi connectivity index (χ0) is 38.2. The molecule has 0 heterocycles. The van der Waals surface area contributed by atoms with Crippen LogP contribution in [0.15, 0.2) is 0 Å². The van der Waals surface area contributed by atoms with Gasteiger partial charge in [-0.05, 0) is 77.3 Å². The predicted octanol–water partition coefficient (Wildman–Crippen LogP) is 12.9. The lowest BCUT2D eigenvalue weighted by Crippen LogP contribution is -2.29. The second-order valence-corrected chi connectivity index (χ2v) is 15.7. The van der Waals surface area contributed by atoms with Gasteiger partial charge in [0.1, 0.15) is 6.10 Å². The first-order valence-corrected chi connectivity index (χ1v) is 22.7. The molecule has 0 saturated carbocycles. The summed E-state index contributed by atoms with van der Waals surface area (Å²) in [6, 6.07) is 0. The number of aliphatic hydroxyl groups excluding tert-OH is 1. The molecular weight excluding hydrogens is 653 g/mol. The van der Waals surface area contributed by atoms with E-state index in [1.807, 2.05) is 6.92 Å². The molecule has 52 heavy (non-hydrogen) atoms. The quantitative estimate of drug-likeness (QED) is 0.0496. The minimum atomic E-state index is -0.206. The summed E-state index contributed by atoms with van der Waals surface area (Å²) >= 11 is 0. The Morgan fingerprint density at radius 1 is 0.558 bits per heavy atom. The average Bonchev–Trinajstić information content (AvgIpc) is 3.14. The van der Waals surface area contributed by atoms with Crippen molar-refractivity contribution in [2.75, 3.05) is 39.5 Å². The van der Waals surface area contributed by atoms with E-state index in [1.54, 1.807) is 0 Å². The summed E-state index contributed by atoms with van der Waals surface area (Å²) in [5, 5.41) is 9.56. The van der Waals surface area contributed by atoms with E-state index in [-0.39, 0.29) is 37.2 Å². The van der Waals surface area contributed by atoms with Crippen molar-refractivity contribution in [3.8, 4) is 0 Å². The zero-order valence-electron chi connectivity index (χ0n) is 34.9. The van der Waals surface area contributed by atoms with E-state index in [9.17, 15) is 19.1 Å². The number of rotatable bonds is 42. The summed E-state index contributed by atoms with van der Waals surface area (Å²) in [5.41, 5.74) is 0. The van der Waals surface area contributed by atoms with Crippen LogP contribution in [0.3, 0.4) is 0 Å². The molecule has 0 aliphatic heterocycles. The number of alkyl halides is 1. The molecule has 2 atom stereocenters. The maximum atomic E-state index is 12.7. The van der Waals surface area contributed by atoms with Crippen LogP contribution in [0.4, 0.5) is 4.39 Å². The van der Waals surface area contributed by atoms with Crippen LogP contribution in [0.5, 0.6) is 0 Å². The normalized spacial score (nSPS) is 12.7. The topological polar surface area (TPSA) is 76.1 Å². The van der Waals surface area contributed by atoms with E-state index >= 15 is 0 Å². The van der Waals surface area contributed by atoms with Crippen LogP contribution in [0.25, 0.3) is 0 Å². The molecule has 0 aliphatic rings. The molecule has 0 rings (SSSR count). The van der Waals surface area contributed by atoms with Crippen LogP contribution in [0.1, 0.15) is 226 Å². The van der Waals surface area contributed by atoms with Crippen molar-refractivity contribution < 1.29 is 28.6 Å². The highest BCUT2D eigenvalue weighted by Crippen LogP contribution is 2.19. The third-order valence-corrected chi connectivity index (χ3v) is 10.6. The molecule has 0 saturated heterocycles. The minimum Gasteiger partial charge on any atom is -0.465 e. The van der Waals surface area contributed by atoms with E-state index in [1.165, 1.54) is 64.2 Å². The van der Waals surface area contributed by atoms with Gasteiger partial charge < -0.3 is 19.5 Å². The Labute approximate surface area is 322 Å². The molecule has 0 radical (unpaired) electrons. The lowest BCUT2D eigenvalue weighted by molar-refractivity contribution is -0.150. The van der Waals surface area contributed by atoms with Crippen molar-refractivity contribution in [2.45, 2.75) is 232 Å².